The maximum atomic E-state index is 13.0. The molecule has 0 atom stereocenters. The minimum Gasteiger partial charge on any atom is -0.292 e. The first-order chi connectivity index (χ1) is 15.0. The van der Waals surface area contributed by atoms with Gasteiger partial charge in [-0.3, -0.25) is 9.69 Å². The van der Waals surface area contributed by atoms with Gasteiger partial charge in [0.25, 0.3) is 5.91 Å². The van der Waals surface area contributed by atoms with Crippen LogP contribution >= 0.6 is 0 Å². The molecule has 0 aliphatic carbocycles. The van der Waals surface area contributed by atoms with E-state index in [1.165, 1.54) is 6.20 Å². The van der Waals surface area contributed by atoms with Crippen molar-refractivity contribution in [3.8, 4) is 11.4 Å². The summed E-state index contributed by atoms with van der Waals surface area (Å²) in [5, 5.41) is 4.75. The van der Waals surface area contributed by atoms with Crippen LogP contribution < -0.4 is 10.4 Å². The fraction of sp³-hybridized carbons (Fsp3) is 0.421. The molecule has 13 heteroatoms. The predicted octanol–water partition coefficient (Wildman–Crippen LogP) is 1.71. The average Bonchev–Trinajstić information content (AvgIpc) is 3.20. The summed E-state index contributed by atoms with van der Waals surface area (Å²) in [6, 6.07) is 1.13. The van der Waals surface area contributed by atoms with Crippen molar-refractivity contribution in [2.75, 3.05) is 32.7 Å². The summed E-state index contributed by atoms with van der Waals surface area (Å²) in [4.78, 5) is 18.1. The molecule has 1 aliphatic rings. The Morgan fingerprint density at radius 3 is 2.22 bits per heavy atom. The number of likely N-dealkylation sites (N-methyl/N-ethyl adjacent to an activating group) is 1. The van der Waals surface area contributed by atoms with E-state index in [0.717, 1.165) is 54.8 Å². The van der Waals surface area contributed by atoms with E-state index in [-0.39, 0.29) is 11.9 Å². The molecule has 1 saturated heterocycles. The molecule has 2 N–H and O–H groups in total. The van der Waals surface area contributed by atoms with Crippen LogP contribution in [0.4, 0.5) is 26.3 Å². The van der Waals surface area contributed by atoms with E-state index in [4.69, 9.17) is 0 Å². The van der Waals surface area contributed by atoms with Crippen LogP contribution in [0.1, 0.15) is 18.1 Å². The lowest BCUT2D eigenvalue weighted by Crippen LogP contribution is -3.21. The fourth-order valence-corrected chi connectivity index (χ4v) is 3.19. The maximum Gasteiger partial charge on any atom is 0.416 e. The first-order valence-electron chi connectivity index (χ1n) is 9.73. The molecule has 174 valence electrons. The molecule has 3 rings (SSSR count). The normalized spacial score (nSPS) is 16.6. The minimum atomic E-state index is -4.97. The van der Waals surface area contributed by atoms with Gasteiger partial charge in [0.05, 0.1) is 24.2 Å². The van der Waals surface area contributed by atoms with Crippen LogP contribution in [0.15, 0.2) is 30.6 Å². The number of hydrogen-bond acceptors (Lipinski definition) is 4. The molecule has 0 bridgehead atoms. The second-order valence-electron chi connectivity index (χ2n) is 7.19. The molecule has 2 aromatic rings. The second-order valence-corrected chi connectivity index (χ2v) is 7.19. The number of benzene rings is 1. The number of rotatable bonds is 5. The number of aromatic nitrogens is 3. The molecule has 1 aromatic carbocycles. The summed E-state index contributed by atoms with van der Waals surface area (Å²) < 4.78 is 79.2. The molecule has 1 amide bonds. The number of carbonyl (C=O) groups excluding carboxylic acids is 1. The largest absolute Gasteiger partial charge is 0.416 e. The molecule has 1 fully saturated rings. The lowest BCUT2D eigenvalue weighted by atomic mass is 10.0. The van der Waals surface area contributed by atoms with Crippen LogP contribution in [0.2, 0.25) is 0 Å². The van der Waals surface area contributed by atoms with Crippen molar-refractivity contribution in [3.63, 3.8) is 0 Å². The van der Waals surface area contributed by atoms with Crippen LogP contribution in [0, 0.1) is 0 Å². The van der Waals surface area contributed by atoms with Gasteiger partial charge in [-0.25, -0.2) is 14.7 Å². The summed E-state index contributed by atoms with van der Waals surface area (Å²) >= 11 is 0. The minimum absolute atomic E-state index is 0.0351. The van der Waals surface area contributed by atoms with E-state index in [1.54, 1.807) is 0 Å². The van der Waals surface area contributed by atoms with Crippen molar-refractivity contribution in [2.24, 2.45) is 0 Å². The topological polar surface area (TPSA) is 67.5 Å². The number of amides is 1. The Bertz CT molecular complexity index is 943. The number of nitrogens with zero attached hydrogens (tertiary/aromatic N) is 4. The van der Waals surface area contributed by atoms with Gasteiger partial charge in [0, 0.05) is 17.8 Å². The number of hydrogen-bond donors (Lipinski definition) is 2. The van der Waals surface area contributed by atoms with E-state index < -0.39 is 35.0 Å². The highest BCUT2D eigenvalue weighted by Gasteiger charge is 2.37. The number of alkyl halides is 6. The third kappa shape index (κ3) is 6.07. The maximum absolute atomic E-state index is 13.0. The summed E-state index contributed by atoms with van der Waals surface area (Å²) in [5.74, 6) is -0.756. The predicted molar refractivity (Wildman–Crippen MR) is 102 cm³/mol. The SMILES string of the molecule is CCN1CC[NH+](NC(=O)/C=C\n2cnc(-c3cc(C(F)(F)F)cc(C(F)(F)F)c3)n2)CC1. The van der Waals surface area contributed by atoms with E-state index in [0.29, 0.717) is 12.1 Å². The Labute approximate surface area is 179 Å². The molecule has 1 aliphatic heterocycles. The van der Waals surface area contributed by atoms with Crippen molar-refractivity contribution in [2.45, 2.75) is 19.3 Å². The van der Waals surface area contributed by atoms with Crippen LogP contribution in [0.5, 0.6) is 0 Å². The Morgan fingerprint density at radius 2 is 1.69 bits per heavy atom. The van der Waals surface area contributed by atoms with Gasteiger partial charge in [-0.2, -0.15) is 31.8 Å². The summed E-state index contributed by atoms with van der Waals surface area (Å²) in [6.45, 7) is 6.16. The summed E-state index contributed by atoms with van der Waals surface area (Å²) in [6.07, 6.45) is -6.49. The fourth-order valence-electron chi connectivity index (χ4n) is 3.19. The van der Waals surface area contributed by atoms with Crippen molar-refractivity contribution in [1.82, 2.24) is 25.1 Å². The summed E-state index contributed by atoms with van der Waals surface area (Å²) in [7, 11) is 0. The Morgan fingerprint density at radius 1 is 1.09 bits per heavy atom. The number of piperazine rings is 1. The van der Waals surface area contributed by atoms with Gasteiger partial charge >= 0.3 is 12.4 Å². The molecular weight excluding hydrogens is 442 g/mol. The lowest BCUT2D eigenvalue weighted by Gasteiger charge is -2.30. The molecule has 0 radical (unpaired) electrons. The molecule has 1 aromatic heterocycles. The Balaban J connectivity index is 1.72. The van der Waals surface area contributed by atoms with Gasteiger partial charge in [0.2, 0.25) is 0 Å². The molecule has 32 heavy (non-hydrogen) atoms. The molecule has 7 nitrogen and oxygen atoms in total. The smallest absolute Gasteiger partial charge is 0.292 e. The van der Waals surface area contributed by atoms with Crippen molar-refractivity contribution in [3.05, 3.63) is 41.7 Å². The number of carbonyl (C=O) groups is 1. The van der Waals surface area contributed by atoms with E-state index in [1.807, 2.05) is 0 Å². The van der Waals surface area contributed by atoms with Gasteiger partial charge in [0.15, 0.2) is 5.82 Å². The average molecular weight is 463 g/mol. The molecule has 2 heterocycles. The molecular formula is C19H21F6N6O+. The van der Waals surface area contributed by atoms with E-state index in [9.17, 15) is 31.1 Å². The summed E-state index contributed by atoms with van der Waals surface area (Å²) in [5.41, 5.74) is -0.587. The van der Waals surface area contributed by atoms with Crippen LogP contribution in [-0.2, 0) is 17.1 Å². The molecule has 0 unspecified atom stereocenters. The van der Waals surface area contributed by atoms with Crippen molar-refractivity contribution < 1.29 is 36.1 Å². The number of quaternary nitrogens is 1. The van der Waals surface area contributed by atoms with Gasteiger partial charge in [0.1, 0.15) is 19.4 Å². The third-order valence-corrected chi connectivity index (χ3v) is 4.94. The monoisotopic (exact) mass is 463 g/mol. The third-order valence-electron chi connectivity index (χ3n) is 4.94. The van der Waals surface area contributed by atoms with Crippen LogP contribution in [0.3, 0.4) is 0 Å². The van der Waals surface area contributed by atoms with Gasteiger partial charge < -0.3 is 0 Å². The van der Waals surface area contributed by atoms with E-state index in [2.05, 4.69) is 27.3 Å². The van der Waals surface area contributed by atoms with Gasteiger partial charge in [-0.1, -0.05) is 6.92 Å². The Kier molecular flexibility index (Phi) is 6.88. The number of nitrogens with one attached hydrogen (secondary N) is 2. The van der Waals surface area contributed by atoms with Crippen LogP contribution in [0.25, 0.3) is 17.6 Å². The molecule has 0 spiro atoms. The number of halogens is 6. The second kappa shape index (κ2) is 9.28. The van der Waals surface area contributed by atoms with Crippen molar-refractivity contribution >= 4 is 12.1 Å². The van der Waals surface area contributed by atoms with Crippen molar-refractivity contribution in [1.29, 1.82) is 0 Å². The highest BCUT2D eigenvalue weighted by molar-refractivity contribution is 5.89. The quantitative estimate of drug-likeness (QED) is 0.524. The zero-order chi connectivity index (χ0) is 23.5. The van der Waals surface area contributed by atoms with E-state index >= 15 is 0 Å². The highest BCUT2D eigenvalue weighted by Crippen LogP contribution is 2.37. The standard InChI is InChI=1S/C19H20F6N6O/c1-2-29-5-7-30(8-6-29)27-16(32)3-4-31-12-26-17(28-31)13-9-14(18(20,21)22)11-15(10-13)19(23,24)25/h3-4,9-12H,2,5-8H2,1H3,(H,27,32)/p+1/b4-3-. The van der Waals surface area contributed by atoms with Crippen LogP contribution in [-0.4, -0.2) is 58.3 Å². The first kappa shape index (κ1) is 23.7. The van der Waals surface area contributed by atoms with Gasteiger partial charge in [-0.15, -0.1) is 5.10 Å². The van der Waals surface area contributed by atoms with Gasteiger partial charge in [-0.05, 0) is 24.7 Å². The molecule has 0 saturated carbocycles. The highest BCUT2D eigenvalue weighted by atomic mass is 19.4. The zero-order valence-corrected chi connectivity index (χ0v) is 17.0. The lowest BCUT2D eigenvalue weighted by molar-refractivity contribution is -0.939. The first-order valence-corrected chi connectivity index (χ1v) is 9.73. The zero-order valence-electron chi connectivity index (χ0n) is 17.0. The Hall–Kier alpha value is -2.93.